The predicted octanol–water partition coefficient (Wildman–Crippen LogP) is 6.54. The molecule has 0 radical (unpaired) electrons. The van der Waals surface area contributed by atoms with Crippen molar-refractivity contribution >= 4 is 34.7 Å². The molecule has 0 unspecified atom stereocenters. The van der Waals surface area contributed by atoms with Crippen LogP contribution >= 0.6 is 23.2 Å². The summed E-state index contributed by atoms with van der Waals surface area (Å²) in [6, 6.07) is 20.2. The molecule has 4 rings (SSSR count). The number of anilines is 1. The molecule has 0 amide bonds. The van der Waals surface area contributed by atoms with Gasteiger partial charge in [0.1, 0.15) is 17.2 Å². The highest BCUT2D eigenvalue weighted by Gasteiger charge is 2.16. The third-order valence-electron chi connectivity index (χ3n) is 4.55. The molecule has 0 saturated heterocycles. The Morgan fingerprint density at radius 2 is 1.70 bits per heavy atom. The van der Waals surface area contributed by atoms with Crippen LogP contribution in [0.3, 0.4) is 0 Å². The van der Waals surface area contributed by atoms with Crippen LogP contribution in [-0.2, 0) is 6.54 Å². The number of pyridine rings is 1. The Kier molecular flexibility index (Phi) is 4.81. The predicted molar refractivity (Wildman–Crippen MR) is 114 cm³/mol. The Morgan fingerprint density at radius 1 is 0.926 bits per heavy atom. The first-order chi connectivity index (χ1) is 13.0. The van der Waals surface area contributed by atoms with Gasteiger partial charge in [-0.05, 0) is 49.2 Å². The van der Waals surface area contributed by atoms with Crippen molar-refractivity contribution in [1.82, 2.24) is 9.38 Å². The molecule has 27 heavy (non-hydrogen) atoms. The monoisotopic (exact) mass is 395 g/mol. The van der Waals surface area contributed by atoms with Gasteiger partial charge in [-0.2, -0.15) is 0 Å². The summed E-state index contributed by atoms with van der Waals surface area (Å²) in [5.74, 6) is 0.949. The number of rotatable bonds is 4. The Hall–Kier alpha value is -2.49. The summed E-state index contributed by atoms with van der Waals surface area (Å²) in [6.07, 6.45) is 0. The van der Waals surface area contributed by atoms with Gasteiger partial charge in [0.25, 0.3) is 0 Å². The lowest BCUT2D eigenvalue weighted by Gasteiger charge is -2.11. The third kappa shape index (κ3) is 3.53. The SMILES string of the molecule is Cc1cc(C)n2c(NCc3ccccc3)c(-c3ccc(Cl)c(Cl)c3)nc2c1. The van der Waals surface area contributed by atoms with Crippen molar-refractivity contribution in [2.45, 2.75) is 20.4 Å². The van der Waals surface area contributed by atoms with Crippen LogP contribution in [0.2, 0.25) is 10.0 Å². The molecular weight excluding hydrogens is 377 g/mol. The zero-order valence-corrected chi connectivity index (χ0v) is 16.6. The van der Waals surface area contributed by atoms with Gasteiger partial charge in [-0.15, -0.1) is 0 Å². The Morgan fingerprint density at radius 3 is 2.44 bits per heavy atom. The van der Waals surface area contributed by atoms with E-state index in [1.807, 2.05) is 36.4 Å². The van der Waals surface area contributed by atoms with Crippen molar-refractivity contribution < 1.29 is 0 Å². The molecule has 3 nitrogen and oxygen atoms in total. The van der Waals surface area contributed by atoms with E-state index in [1.54, 1.807) is 0 Å². The van der Waals surface area contributed by atoms with Crippen molar-refractivity contribution in [2.24, 2.45) is 0 Å². The number of aromatic nitrogens is 2. The Balaban J connectivity index is 1.86. The van der Waals surface area contributed by atoms with Crippen LogP contribution in [0.1, 0.15) is 16.8 Å². The van der Waals surface area contributed by atoms with E-state index in [4.69, 9.17) is 28.2 Å². The summed E-state index contributed by atoms with van der Waals surface area (Å²) in [7, 11) is 0. The van der Waals surface area contributed by atoms with Gasteiger partial charge in [-0.25, -0.2) is 4.98 Å². The molecule has 0 saturated carbocycles. The number of imidazole rings is 1. The first-order valence-electron chi connectivity index (χ1n) is 8.76. The molecule has 136 valence electrons. The number of hydrogen-bond acceptors (Lipinski definition) is 2. The van der Waals surface area contributed by atoms with Crippen LogP contribution in [-0.4, -0.2) is 9.38 Å². The molecule has 0 aliphatic carbocycles. The van der Waals surface area contributed by atoms with Crippen LogP contribution in [0, 0.1) is 13.8 Å². The first-order valence-corrected chi connectivity index (χ1v) is 9.51. The maximum absolute atomic E-state index is 6.26. The summed E-state index contributed by atoms with van der Waals surface area (Å²) in [4.78, 5) is 4.89. The zero-order valence-electron chi connectivity index (χ0n) is 15.1. The lowest BCUT2D eigenvalue weighted by Crippen LogP contribution is -2.05. The number of hydrogen-bond donors (Lipinski definition) is 1. The minimum atomic E-state index is 0.521. The summed E-state index contributed by atoms with van der Waals surface area (Å²) >= 11 is 12.4. The first kappa shape index (κ1) is 17.9. The largest absolute Gasteiger partial charge is 0.365 e. The number of nitrogens with one attached hydrogen (secondary N) is 1. The van der Waals surface area contributed by atoms with Crippen molar-refractivity contribution in [3.05, 3.63) is 87.5 Å². The topological polar surface area (TPSA) is 29.3 Å². The van der Waals surface area contributed by atoms with Crippen molar-refractivity contribution in [3.8, 4) is 11.3 Å². The Labute approximate surface area is 168 Å². The van der Waals surface area contributed by atoms with E-state index in [-0.39, 0.29) is 0 Å². The molecule has 0 atom stereocenters. The van der Waals surface area contributed by atoms with Crippen LogP contribution in [0.5, 0.6) is 0 Å². The second-order valence-corrected chi connectivity index (χ2v) is 7.46. The molecule has 0 aliphatic rings. The normalized spacial score (nSPS) is 11.1. The highest BCUT2D eigenvalue weighted by Crippen LogP contribution is 2.34. The second kappa shape index (κ2) is 7.26. The quantitative estimate of drug-likeness (QED) is 0.425. The minimum Gasteiger partial charge on any atom is -0.365 e. The molecule has 1 N–H and O–H groups in total. The Bertz CT molecular complexity index is 1120. The summed E-state index contributed by atoms with van der Waals surface area (Å²) < 4.78 is 2.15. The fourth-order valence-electron chi connectivity index (χ4n) is 3.32. The number of aryl methyl sites for hydroxylation is 2. The molecule has 2 aromatic carbocycles. The summed E-state index contributed by atoms with van der Waals surface area (Å²) in [5.41, 5.74) is 6.21. The van der Waals surface area contributed by atoms with E-state index < -0.39 is 0 Å². The fraction of sp³-hybridized carbons (Fsp3) is 0.136. The maximum atomic E-state index is 6.26. The van der Waals surface area contributed by atoms with Crippen LogP contribution in [0.4, 0.5) is 5.82 Å². The molecule has 0 fully saturated rings. The van der Waals surface area contributed by atoms with Gasteiger partial charge in [0.05, 0.1) is 10.0 Å². The smallest absolute Gasteiger partial charge is 0.139 e. The average Bonchev–Trinajstić information content (AvgIpc) is 3.01. The van der Waals surface area contributed by atoms with Crippen molar-refractivity contribution in [2.75, 3.05) is 5.32 Å². The van der Waals surface area contributed by atoms with Crippen LogP contribution in [0.25, 0.3) is 16.9 Å². The van der Waals surface area contributed by atoms with E-state index in [2.05, 4.69) is 47.8 Å². The molecule has 0 spiro atoms. The molecule has 0 aliphatic heterocycles. The highest BCUT2D eigenvalue weighted by molar-refractivity contribution is 6.42. The average molecular weight is 396 g/mol. The van der Waals surface area contributed by atoms with Gasteiger partial charge < -0.3 is 5.32 Å². The fourth-order valence-corrected chi connectivity index (χ4v) is 3.62. The van der Waals surface area contributed by atoms with E-state index in [0.29, 0.717) is 16.6 Å². The molecule has 0 bridgehead atoms. The standard InChI is InChI=1S/C22H19Cl2N3/c1-14-10-15(2)27-20(11-14)26-21(17-8-9-18(23)19(24)12-17)22(27)25-13-16-6-4-3-5-7-16/h3-12,25H,13H2,1-2H3. The van der Waals surface area contributed by atoms with Crippen LogP contribution < -0.4 is 5.32 Å². The summed E-state index contributed by atoms with van der Waals surface area (Å²) in [5, 5.41) is 4.63. The molecule has 2 aromatic heterocycles. The zero-order chi connectivity index (χ0) is 19.0. The maximum Gasteiger partial charge on any atom is 0.139 e. The lowest BCUT2D eigenvalue weighted by molar-refractivity contribution is 1.04. The molecular formula is C22H19Cl2N3. The number of halogens is 2. The molecule has 5 heteroatoms. The van der Waals surface area contributed by atoms with E-state index in [0.717, 1.165) is 28.4 Å². The van der Waals surface area contributed by atoms with Crippen LogP contribution in [0.15, 0.2) is 60.7 Å². The van der Waals surface area contributed by atoms with Gasteiger partial charge in [-0.3, -0.25) is 4.40 Å². The van der Waals surface area contributed by atoms with Gasteiger partial charge in [-0.1, -0.05) is 59.6 Å². The minimum absolute atomic E-state index is 0.521. The molecule has 2 heterocycles. The van der Waals surface area contributed by atoms with E-state index >= 15 is 0 Å². The second-order valence-electron chi connectivity index (χ2n) is 6.64. The van der Waals surface area contributed by atoms with Gasteiger partial charge in [0, 0.05) is 17.8 Å². The number of fused-ring (bicyclic) bond motifs is 1. The van der Waals surface area contributed by atoms with Crippen molar-refractivity contribution in [1.29, 1.82) is 0 Å². The molecule has 4 aromatic rings. The van der Waals surface area contributed by atoms with Gasteiger partial charge in [0.15, 0.2) is 0 Å². The van der Waals surface area contributed by atoms with Gasteiger partial charge in [0.2, 0.25) is 0 Å². The third-order valence-corrected chi connectivity index (χ3v) is 5.28. The highest BCUT2D eigenvalue weighted by atomic mass is 35.5. The summed E-state index contributed by atoms with van der Waals surface area (Å²) in [6.45, 7) is 4.88. The van der Waals surface area contributed by atoms with E-state index in [9.17, 15) is 0 Å². The number of benzene rings is 2. The van der Waals surface area contributed by atoms with E-state index in [1.165, 1.54) is 11.1 Å². The van der Waals surface area contributed by atoms with Crippen molar-refractivity contribution in [3.63, 3.8) is 0 Å². The van der Waals surface area contributed by atoms with Gasteiger partial charge >= 0.3 is 0 Å². The number of nitrogens with zero attached hydrogens (tertiary/aromatic N) is 2. The lowest BCUT2D eigenvalue weighted by atomic mass is 10.1.